The van der Waals surface area contributed by atoms with Crippen LogP contribution in [0.2, 0.25) is 0 Å². The first kappa shape index (κ1) is 73.1. The van der Waals surface area contributed by atoms with Crippen LogP contribution in [0.15, 0.2) is 0 Å². The molecule has 0 aromatic heterocycles. The van der Waals surface area contributed by atoms with E-state index >= 15 is 0 Å². The largest absolute Gasteiger partial charge is 0.412 e. The van der Waals surface area contributed by atoms with Crippen molar-refractivity contribution in [3.8, 4) is 0 Å². The van der Waals surface area contributed by atoms with Crippen molar-refractivity contribution in [2.75, 3.05) is 0 Å². The van der Waals surface area contributed by atoms with Crippen LogP contribution in [-0.2, 0) is 98.1 Å². The Labute approximate surface area is 129 Å². The third kappa shape index (κ3) is 41.8. The fourth-order valence-electron chi connectivity index (χ4n) is 0. The zero-order chi connectivity index (χ0) is 0. The van der Waals surface area contributed by atoms with Crippen LogP contribution in [0, 0.1) is 0 Å². The molecule has 0 unspecified atom stereocenters. The van der Waals surface area contributed by atoms with Gasteiger partial charge in [0.25, 0.3) is 0 Å². The Morgan fingerprint density at radius 3 is 0.429 bits per heavy atom. The van der Waals surface area contributed by atoms with Crippen LogP contribution in [0.1, 0.15) is 0 Å². The van der Waals surface area contributed by atoms with Crippen molar-refractivity contribution in [1.29, 1.82) is 0 Å². The van der Waals surface area contributed by atoms with E-state index in [1.165, 1.54) is 0 Å². The molecular formula is H9AlO3Y3. The molecule has 0 amide bonds. The van der Waals surface area contributed by atoms with E-state index in [1.54, 1.807) is 0 Å². The average molecular weight is 351 g/mol. The molecule has 0 bridgehead atoms. The SMILES string of the molecule is O.O.O.[AlH3].[Y].[Y].[Y]. The molecule has 3 radical (unpaired) electrons. The normalized spacial score (nSPS) is 0. The van der Waals surface area contributed by atoms with E-state index < -0.39 is 0 Å². The van der Waals surface area contributed by atoms with Crippen LogP contribution in [0.25, 0.3) is 0 Å². The second-order valence-corrected chi connectivity index (χ2v) is 0. The summed E-state index contributed by atoms with van der Waals surface area (Å²) in [4.78, 5) is 0. The van der Waals surface area contributed by atoms with Gasteiger partial charge in [-0.25, -0.2) is 0 Å². The van der Waals surface area contributed by atoms with Gasteiger partial charge in [-0.15, -0.1) is 0 Å². The summed E-state index contributed by atoms with van der Waals surface area (Å²) in [6, 6.07) is 0. The molecule has 0 saturated heterocycles. The van der Waals surface area contributed by atoms with Crippen LogP contribution in [-0.4, -0.2) is 33.8 Å². The molecule has 7 heteroatoms. The van der Waals surface area contributed by atoms with Crippen molar-refractivity contribution in [3.05, 3.63) is 0 Å². The molecule has 0 heterocycles. The van der Waals surface area contributed by atoms with Crippen LogP contribution in [0.3, 0.4) is 0 Å². The predicted molar refractivity (Wildman–Crippen MR) is 20.8 cm³/mol. The summed E-state index contributed by atoms with van der Waals surface area (Å²) >= 11 is 0. The van der Waals surface area contributed by atoms with E-state index in [-0.39, 0.29) is 132 Å². The minimum atomic E-state index is 0. The Morgan fingerprint density at radius 2 is 0.429 bits per heavy atom. The molecule has 3 nitrogen and oxygen atoms in total. The molecule has 0 aliphatic heterocycles. The molecule has 0 aliphatic rings. The van der Waals surface area contributed by atoms with Gasteiger partial charge in [0.15, 0.2) is 17.4 Å². The van der Waals surface area contributed by atoms with Crippen LogP contribution in [0.5, 0.6) is 0 Å². The van der Waals surface area contributed by atoms with Crippen molar-refractivity contribution in [2.24, 2.45) is 0 Å². The minimum absolute atomic E-state index is 0. The second kappa shape index (κ2) is 53.4. The summed E-state index contributed by atoms with van der Waals surface area (Å²) in [5.41, 5.74) is 0. The van der Waals surface area contributed by atoms with Gasteiger partial charge in [0.1, 0.15) is 0 Å². The molecule has 0 fully saturated rings. The maximum Gasteiger partial charge on any atom is 0.187 e. The van der Waals surface area contributed by atoms with E-state index in [2.05, 4.69) is 0 Å². The van der Waals surface area contributed by atoms with Gasteiger partial charge in [-0.05, 0) is 0 Å². The first-order chi connectivity index (χ1) is 0. The smallest absolute Gasteiger partial charge is 0.187 e. The molecule has 39 valence electrons. The molecule has 0 spiro atoms. The van der Waals surface area contributed by atoms with Gasteiger partial charge >= 0.3 is 0 Å². The fraction of sp³-hybridized carbons (Fsp3) is 0. The number of hydrogen-bond donors (Lipinski definition) is 0. The number of rotatable bonds is 0. The first-order valence-corrected chi connectivity index (χ1v) is 0. The van der Waals surface area contributed by atoms with Gasteiger partial charge in [-0.2, -0.15) is 0 Å². The minimum Gasteiger partial charge on any atom is -0.412 e. The van der Waals surface area contributed by atoms with E-state index in [9.17, 15) is 0 Å². The molecule has 0 saturated carbocycles. The van der Waals surface area contributed by atoms with Gasteiger partial charge < -0.3 is 16.4 Å². The molecule has 0 rings (SSSR count). The fourth-order valence-corrected chi connectivity index (χ4v) is 0. The summed E-state index contributed by atoms with van der Waals surface area (Å²) < 4.78 is 0. The Hall–Kier alpha value is 3.72. The van der Waals surface area contributed by atoms with Crippen molar-refractivity contribution >= 4 is 17.4 Å². The Morgan fingerprint density at radius 1 is 0.429 bits per heavy atom. The number of hydrogen-bond acceptors (Lipinski definition) is 0. The van der Waals surface area contributed by atoms with Crippen molar-refractivity contribution in [2.45, 2.75) is 0 Å². The van der Waals surface area contributed by atoms with Gasteiger partial charge in [-0.1, -0.05) is 0 Å². The van der Waals surface area contributed by atoms with E-state index in [0.717, 1.165) is 0 Å². The van der Waals surface area contributed by atoms with E-state index in [4.69, 9.17) is 0 Å². The Kier molecular flexibility index (Phi) is 557. The van der Waals surface area contributed by atoms with Gasteiger partial charge in [0.2, 0.25) is 0 Å². The Balaban J connectivity index is 0. The molecule has 0 atom stereocenters. The summed E-state index contributed by atoms with van der Waals surface area (Å²) in [6.07, 6.45) is 0. The van der Waals surface area contributed by atoms with Crippen molar-refractivity contribution in [3.63, 3.8) is 0 Å². The first-order valence-electron chi connectivity index (χ1n) is 0. The maximum absolute atomic E-state index is 0. The molecule has 7 heavy (non-hydrogen) atoms. The third-order valence-corrected chi connectivity index (χ3v) is 0. The van der Waals surface area contributed by atoms with Gasteiger partial charge in [0, 0.05) is 98.1 Å². The zero-order valence-corrected chi connectivity index (χ0v) is 11.7. The Bertz CT molecular complexity index is 10.1. The third-order valence-electron chi connectivity index (χ3n) is 0. The van der Waals surface area contributed by atoms with Crippen LogP contribution < -0.4 is 0 Å². The van der Waals surface area contributed by atoms with Crippen molar-refractivity contribution < 1.29 is 115 Å². The van der Waals surface area contributed by atoms with E-state index in [1.807, 2.05) is 0 Å². The topological polar surface area (TPSA) is 94.5 Å². The molecule has 0 aromatic rings. The summed E-state index contributed by atoms with van der Waals surface area (Å²) in [7, 11) is 0. The monoisotopic (exact) mass is 351 g/mol. The predicted octanol–water partition coefficient (Wildman–Crippen LogP) is -3.67. The van der Waals surface area contributed by atoms with Crippen molar-refractivity contribution in [1.82, 2.24) is 0 Å². The standard InChI is InChI=1S/Al.3H2O.3Y.3H/h;3*1H2;;;;;;. The summed E-state index contributed by atoms with van der Waals surface area (Å²) in [5.74, 6) is 0. The quantitative estimate of drug-likeness (QED) is 0.403. The van der Waals surface area contributed by atoms with Crippen LogP contribution >= 0.6 is 0 Å². The average Bonchev–Trinajstić information content (AvgIpc) is 0. The van der Waals surface area contributed by atoms with Gasteiger partial charge in [-0.3, -0.25) is 0 Å². The molecular weight excluding hydrogens is 342 g/mol. The van der Waals surface area contributed by atoms with E-state index in [0.29, 0.717) is 0 Å². The van der Waals surface area contributed by atoms with Gasteiger partial charge in [0.05, 0.1) is 0 Å². The second-order valence-electron chi connectivity index (χ2n) is 0. The summed E-state index contributed by atoms with van der Waals surface area (Å²) in [6.45, 7) is 0. The molecule has 0 aliphatic carbocycles. The van der Waals surface area contributed by atoms with Crippen LogP contribution in [0.4, 0.5) is 0 Å². The molecule has 6 N–H and O–H groups in total. The molecule has 0 aromatic carbocycles. The maximum atomic E-state index is 0. The zero-order valence-electron chi connectivity index (χ0n) is 3.23. The summed E-state index contributed by atoms with van der Waals surface area (Å²) in [5, 5.41) is 0.